The molecule has 2 N–H and O–H groups in total. The number of ether oxygens (including phenoxy) is 1. The van der Waals surface area contributed by atoms with Crippen LogP contribution in [0.15, 0.2) is 96.7 Å². The van der Waals surface area contributed by atoms with Crippen molar-refractivity contribution in [2.75, 3.05) is 17.3 Å². The van der Waals surface area contributed by atoms with Crippen LogP contribution >= 0.6 is 0 Å². The summed E-state index contributed by atoms with van der Waals surface area (Å²) < 4.78 is 20.7. The molecule has 214 valence electrons. The maximum absolute atomic E-state index is 14.1. The number of aliphatic hydroxyl groups excluding tert-OH is 1. The zero-order valence-corrected chi connectivity index (χ0v) is 23.5. The van der Waals surface area contributed by atoms with Gasteiger partial charge in [-0.15, -0.1) is 0 Å². The summed E-state index contributed by atoms with van der Waals surface area (Å²) in [5.41, 5.74) is 1.78. The van der Waals surface area contributed by atoms with Crippen molar-refractivity contribution in [1.29, 1.82) is 0 Å². The third-order valence-electron chi connectivity index (χ3n) is 6.87. The number of nitrogens with zero attached hydrogens (tertiary/aromatic N) is 5. The predicted molar refractivity (Wildman–Crippen MR) is 163 cm³/mol. The van der Waals surface area contributed by atoms with Gasteiger partial charge < -0.3 is 20.1 Å². The van der Waals surface area contributed by atoms with E-state index in [2.05, 4.69) is 21.9 Å². The van der Waals surface area contributed by atoms with Gasteiger partial charge in [-0.25, -0.2) is 19.3 Å². The molecule has 0 bridgehead atoms. The lowest BCUT2D eigenvalue weighted by atomic mass is 10.1. The van der Waals surface area contributed by atoms with E-state index in [0.29, 0.717) is 40.8 Å². The zero-order chi connectivity index (χ0) is 29.8. The number of nitrogens with one attached hydrogen (secondary N) is 1. The fourth-order valence-electron chi connectivity index (χ4n) is 4.77. The van der Waals surface area contributed by atoms with E-state index in [0.717, 1.165) is 11.3 Å². The van der Waals surface area contributed by atoms with E-state index in [-0.39, 0.29) is 5.39 Å². The first-order valence-corrected chi connectivity index (χ1v) is 13.4. The van der Waals surface area contributed by atoms with E-state index >= 15 is 0 Å². The molecule has 2 aromatic heterocycles. The van der Waals surface area contributed by atoms with E-state index in [1.165, 1.54) is 29.1 Å². The van der Waals surface area contributed by atoms with Crippen molar-refractivity contribution in [3.63, 3.8) is 0 Å². The number of methoxy groups -OCH3 is 1. The smallest absolute Gasteiger partial charge is 0.266 e. The number of fused-ring (bicyclic) bond motifs is 2. The Bertz CT molecular complexity index is 1780. The molecular weight excluding hydrogens is 535 g/mol. The van der Waals surface area contributed by atoms with Gasteiger partial charge in [0.15, 0.2) is 0 Å². The van der Waals surface area contributed by atoms with Crippen LogP contribution < -0.4 is 20.5 Å². The summed E-state index contributed by atoms with van der Waals surface area (Å²) in [5, 5.41) is 14.4. The number of benzene rings is 2. The third-order valence-corrected chi connectivity index (χ3v) is 6.87. The molecule has 0 saturated carbocycles. The molecule has 9 nitrogen and oxygen atoms in total. The highest BCUT2D eigenvalue weighted by Gasteiger charge is 2.27. The number of rotatable bonds is 9. The Morgan fingerprint density at radius 2 is 2.00 bits per heavy atom. The van der Waals surface area contributed by atoms with Gasteiger partial charge in [0.2, 0.25) is 0 Å². The number of hydrogen-bond donors (Lipinski definition) is 2. The van der Waals surface area contributed by atoms with Crippen molar-refractivity contribution in [2.24, 2.45) is 0 Å². The maximum atomic E-state index is 14.1. The maximum Gasteiger partial charge on any atom is 0.266 e. The van der Waals surface area contributed by atoms with E-state index in [9.17, 15) is 14.3 Å². The van der Waals surface area contributed by atoms with Crippen molar-refractivity contribution in [1.82, 2.24) is 19.5 Å². The van der Waals surface area contributed by atoms with Gasteiger partial charge in [-0.2, -0.15) is 0 Å². The quantitative estimate of drug-likeness (QED) is 0.250. The summed E-state index contributed by atoms with van der Waals surface area (Å²) in [6.07, 6.45) is 11.0. The van der Waals surface area contributed by atoms with Crippen LogP contribution in [0.1, 0.15) is 42.9 Å². The van der Waals surface area contributed by atoms with Crippen molar-refractivity contribution < 1.29 is 14.2 Å². The Balaban J connectivity index is 1.53. The second-order valence-electron chi connectivity index (χ2n) is 9.74. The molecule has 42 heavy (non-hydrogen) atoms. The average molecular weight is 567 g/mol. The van der Waals surface area contributed by atoms with E-state index in [1.54, 1.807) is 31.5 Å². The van der Waals surface area contributed by atoms with Gasteiger partial charge in [0.1, 0.15) is 41.5 Å². The molecule has 2 atom stereocenters. The number of aromatic nitrogens is 4. The summed E-state index contributed by atoms with van der Waals surface area (Å²) in [6.45, 7) is 8.28. The molecule has 0 saturated heterocycles. The van der Waals surface area contributed by atoms with E-state index in [1.807, 2.05) is 55.2 Å². The topological polar surface area (TPSA) is 105 Å². The molecule has 5 rings (SSSR count). The first-order valence-electron chi connectivity index (χ1n) is 13.4. The Labute approximate surface area is 242 Å². The molecule has 3 heterocycles. The first-order chi connectivity index (χ1) is 20.3. The molecule has 0 spiro atoms. The monoisotopic (exact) mass is 566 g/mol. The number of aliphatic hydroxyl groups is 1. The summed E-state index contributed by atoms with van der Waals surface area (Å²) in [5.74, 6) is 1.51. The number of allylic oxidation sites excluding steroid dienone is 5. The van der Waals surface area contributed by atoms with Gasteiger partial charge in [0.05, 0.1) is 29.6 Å². The lowest BCUT2D eigenvalue weighted by molar-refractivity contribution is 0.226. The van der Waals surface area contributed by atoms with Crippen molar-refractivity contribution in [2.45, 2.75) is 32.5 Å². The summed E-state index contributed by atoms with van der Waals surface area (Å²) in [4.78, 5) is 29.2. The van der Waals surface area contributed by atoms with Crippen molar-refractivity contribution in [3.8, 4) is 5.75 Å². The van der Waals surface area contributed by atoms with E-state index < -0.39 is 23.5 Å². The van der Waals surface area contributed by atoms with Crippen molar-refractivity contribution >= 4 is 28.2 Å². The predicted octanol–water partition coefficient (Wildman–Crippen LogP) is 5.68. The Kier molecular flexibility index (Phi) is 8.26. The lowest BCUT2D eigenvalue weighted by Gasteiger charge is -2.29. The van der Waals surface area contributed by atoms with Gasteiger partial charge in [0, 0.05) is 18.4 Å². The fourth-order valence-corrected chi connectivity index (χ4v) is 4.77. The highest BCUT2D eigenvalue weighted by molar-refractivity contribution is 5.79. The average Bonchev–Trinajstić information content (AvgIpc) is 2.99. The Hall–Kier alpha value is -5.09. The second-order valence-corrected chi connectivity index (χ2v) is 9.74. The molecule has 4 aromatic rings. The Morgan fingerprint density at radius 3 is 2.74 bits per heavy atom. The van der Waals surface area contributed by atoms with Crippen LogP contribution in [0.3, 0.4) is 0 Å². The standard InChI is InChI=1S/C32H31FN6O3/c1-5-6-7-8-20(2)39-30(37-26-14-11-23(33)17-25(26)32(39)41)21(3)36-29-28-27(40)15-16-38(31(28)35-19-34-29)18-22-9-12-24(42-4)13-10-22/h5-17,19,21,27,40H,2,18H2,1,3-4H3,(H,34,35,36)/b6-5-,8-7-. The van der Waals surface area contributed by atoms with Crippen molar-refractivity contribution in [3.05, 3.63) is 125 Å². The van der Waals surface area contributed by atoms with Crippen LogP contribution in [0.5, 0.6) is 5.75 Å². The zero-order valence-electron chi connectivity index (χ0n) is 23.5. The molecule has 0 aliphatic carbocycles. The molecule has 10 heteroatoms. The molecular formula is C32H31FN6O3. The van der Waals surface area contributed by atoms with Crippen LogP contribution in [-0.2, 0) is 6.54 Å². The van der Waals surface area contributed by atoms with Gasteiger partial charge in [0.25, 0.3) is 5.56 Å². The molecule has 2 aromatic carbocycles. The largest absolute Gasteiger partial charge is 0.497 e. The van der Waals surface area contributed by atoms with Crippen LogP contribution in [0, 0.1) is 5.82 Å². The minimum absolute atomic E-state index is 0.140. The third kappa shape index (κ3) is 5.70. The van der Waals surface area contributed by atoms with Gasteiger partial charge >= 0.3 is 0 Å². The highest BCUT2D eigenvalue weighted by atomic mass is 19.1. The summed E-state index contributed by atoms with van der Waals surface area (Å²) >= 11 is 0. The van der Waals surface area contributed by atoms with Gasteiger partial charge in [-0.3, -0.25) is 9.36 Å². The molecule has 1 aliphatic rings. The second kappa shape index (κ2) is 12.2. The number of anilines is 2. The van der Waals surface area contributed by atoms with Crippen LogP contribution in [-0.4, -0.2) is 31.7 Å². The number of halogens is 1. The Morgan fingerprint density at radius 1 is 1.21 bits per heavy atom. The first kappa shape index (κ1) is 28.4. The highest BCUT2D eigenvalue weighted by Crippen LogP contribution is 2.36. The fraction of sp³-hybridized carbons (Fsp3) is 0.188. The van der Waals surface area contributed by atoms with Crippen LogP contribution in [0.25, 0.3) is 16.6 Å². The minimum atomic E-state index is -0.962. The molecule has 1 aliphatic heterocycles. The normalized spacial score (nSPS) is 15.4. The molecule has 0 radical (unpaired) electrons. The van der Waals surface area contributed by atoms with Gasteiger partial charge in [-0.1, -0.05) is 36.9 Å². The molecule has 2 unspecified atom stereocenters. The van der Waals surface area contributed by atoms with Crippen LogP contribution in [0.4, 0.5) is 16.0 Å². The molecule has 0 amide bonds. The van der Waals surface area contributed by atoms with E-state index in [4.69, 9.17) is 9.72 Å². The van der Waals surface area contributed by atoms with Gasteiger partial charge in [-0.05, 0) is 61.9 Å². The number of hydrogen-bond acceptors (Lipinski definition) is 8. The minimum Gasteiger partial charge on any atom is -0.497 e. The summed E-state index contributed by atoms with van der Waals surface area (Å²) in [7, 11) is 1.62. The van der Waals surface area contributed by atoms with Crippen LogP contribution in [0.2, 0.25) is 0 Å². The summed E-state index contributed by atoms with van der Waals surface area (Å²) in [6, 6.07) is 11.0. The molecule has 0 fully saturated rings. The lowest BCUT2D eigenvalue weighted by Crippen LogP contribution is -2.28. The SMILES string of the molecule is C=C(/C=C\C=C/C)n1c(C(C)Nc2ncnc3c2C(O)C=CN3Cc2ccc(OC)cc2)nc2ccc(F)cc2c1=O.